The molecule has 1 atom stereocenters. The van der Waals surface area contributed by atoms with E-state index in [4.69, 9.17) is 0 Å². The van der Waals surface area contributed by atoms with Crippen LogP contribution in [-0.2, 0) is 0 Å². The van der Waals surface area contributed by atoms with Crippen LogP contribution in [0.25, 0.3) is 0 Å². The van der Waals surface area contributed by atoms with Gasteiger partial charge in [0.05, 0.1) is 0 Å². The van der Waals surface area contributed by atoms with E-state index in [1.54, 1.807) is 5.57 Å². The van der Waals surface area contributed by atoms with Gasteiger partial charge in [-0.3, -0.25) is 4.90 Å². The van der Waals surface area contributed by atoms with Crippen LogP contribution in [-0.4, -0.2) is 36.6 Å². The third kappa shape index (κ3) is 3.81. The molecular formula is C12H24N2. The Morgan fingerprint density at radius 3 is 2.64 bits per heavy atom. The lowest BCUT2D eigenvalue weighted by atomic mass is 10.1. The lowest BCUT2D eigenvalue weighted by Crippen LogP contribution is -2.43. The summed E-state index contributed by atoms with van der Waals surface area (Å²) in [5, 5.41) is 3.49. The monoisotopic (exact) mass is 196 g/mol. The van der Waals surface area contributed by atoms with E-state index in [1.807, 2.05) is 0 Å². The number of hydrogen-bond donors (Lipinski definition) is 1. The van der Waals surface area contributed by atoms with Crippen molar-refractivity contribution in [2.45, 2.75) is 46.2 Å². The first-order chi connectivity index (χ1) is 6.59. The molecule has 2 nitrogen and oxygen atoms in total. The van der Waals surface area contributed by atoms with Gasteiger partial charge in [-0.2, -0.15) is 0 Å². The average Bonchev–Trinajstić information content (AvgIpc) is 2.15. The van der Waals surface area contributed by atoms with Gasteiger partial charge in [-0.1, -0.05) is 25.5 Å². The van der Waals surface area contributed by atoms with Gasteiger partial charge in [-0.25, -0.2) is 0 Å². The van der Waals surface area contributed by atoms with Crippen LogP contribution in [0.1, 0.15) is 34.1 Å². The molecule has 1 rings (SSSR count). The van der Waals surface area contributed by atoms with Crippen molar-refractivity contribution in [1.29, 1.82) is 0 Å². The van der Waals surface area contributed by atoms with Gasteiger partial charge in [0.2, 0.25) is 0 Å². The summed E-state index contributed by atoms with van der Waals surface area (Å²) in [7, 11) is 0. The molecule has 0 bridgehead atoms. The van der Waals surface area contributed by atoms with E-state index in [0.29, 0.717) is 12.1 Å². The Kier molecular flexibility index (Phi) is 4.63. The Balaban J connectivity index is 2.28. The fraction of sp³-hybridized carbons (Fsp3) is 0.833. The molecule has 2 heteroatoms. The van der Waals surface area contributed by atoms with Crippen LogP contribution >= 0.6 is 0 Å². The van der Waals surface area contributed by atoms with Crippen molar-refractivity contribution in [2.24, 2.45) is 0 Å². The van der Waals surface area contributed by atoms with Crippen LogP contribution in [0.3, 0.4) is 0 Å². The minimum Gasteiger partial charge on any atom is -0.313 e. The first-order valence-corrected chi connectivity index (χ1v) is 5.72. The number of hydrogen-bond acceptors (Lipinski definition) is 2. The molecule has 1 unspecified atom stereocenters. The molecule has 1 N–H and O–H groups in total. The van der Waals surface area contributed by atoms with Crippen molar-refractivity contribution in [3.63, 3.8) is 0 Å². The van der Waals surface area contributed by atoms with Crippen LogP contribution in [0.15, 0.2) is 11.6 Å². The Hall–Kier alpha value is -0.340. The minimum absolute atomic E-state index is 0.597. The highest BCUT2D eigenvalue weighted by Crippen LogP contribution is 2.11. The molecule has 0 fully saturated rings. The third-order valence-corrected chi connectivity index (χ3v) is 2.91. The van der Waals surface area contributed by atoms with Gasteiger partial charge in [0, 0.05) is 31.7 Å². The number of nitrogens with one attached hydrogen (secondary N) is 1. The second kappa shape index (κ2) is 5.52. The molecule has 82 valence electrons. The fourth-order valence-corrected chi connectivity index (χ4v) is 1.72. The molecule has 0 aromatic rings. The first kappa shape index (κ1) is 11.7. The molecule has 0 aliphatic carbocycles. The zero-order valence-corrected chi connectivity index (χ0v) is 10.0. The van der Waals surface area contributed by atoms with Gasteiger partial charge < -0.3 is 5.32 Å². The summed E-state index contributed by atoms with van der Waals surface area (Å²) < 4.78 is 0. The lowest BCUT2D eigenvalue weighted by molar-refractivity contribution is 0.217. The third-order valence-electron chi connectivity index (χ3n) is 2.91. The topological polar surface area (TPSA) is 15.3 Å². The summed E-state index contributed by atoms with van der Waals surface area (Å²) in [6.45, 7) is 12.4. The maximum absolute atomic E-state index is 3.49. The highest BCUT2D eigenvalue weighted by Gasteiger charge is 2.15. The van der Waals surface area contributed by atoms with Crippen molar-refractivity contribution in [3.8, 4) is 0 Å². The van der Waals surface area contributed by atoms with Gasteiger partial charge in [-0.15, -0.1) is 0 Å². The van der Waals surface area contributed by atoms with Crippen molar-refractivity contribution in [2.75, 3.05) is 19.6 Å². The Bertz CT molecular complexity index is 196. The molecule has 1 aliphatic rings. The van der Waals surface area contributed by atoms with E-state index >= 15 is 0 Å². The van der Waals surface area contributed by atoms with Gasteiger partial charge in [0.25, 0.3) is 0 Å². The van der Waals surface area contributed by atoms with Gasteiger partial charge in [0.15, 0.2) is 0 Å². The maximum atomic E-state index is 3.49. The predicted molar refractivity (Wildman–Crippen MR) is 62.5 cm³/mol. The van der Waals surface area contributed by atoms with Gasteiger partial charge >= 0.3 is 0 Å². The summed E-state index contributed by atoms with van der Waals surface area (Å²) in [5.41, 5.74) is 1.55. The lowest BCUT2D eigenvalue weighted by Gasteiger charge is -2.31. The smallest absolute Gasteiger partial charge is 0.0195 e. The molecule has 0 aromatic heterocycles. The molecule has 1 heterocycles. The quantitative estimate of drug-likeness (QED) is 0.692. The zero-order chi connectivity index (χ0) is 10.6. The summed E-state index contributed by atoms with van der Waals surface area (Å²) in [4.78, 5) is 2.54. The number of nitrogens with zero attached hydrogens (tertiary/aromatic N) is 1. The number of rotatable bonds is 4. The van der Waals surface area contributed by atoms with Crippen LogP contribution < -0.4 is 5.32 Å². The van der Waals surface area contributed by atoms with E-state index in [-0.39, 0.29) is 0 Å². The Morgan fingerprint density at radius 1 is 1.43 bits per heavy atom. The van der Waals surface area contributed by atoms with Gasteiger partial charge in [-0.05, 0) is 20.3 Å². The summed E-state index contributed by atoms with van der Waals surface area (Å²) in [6.07, 6.45) is 3.60. The SMILES string of the molecule is CC1=CCN(C(C)CNC(C)C)CC1. The van der Waals surface area contributed by atoms with Crippen molar-refractivity contribution >= 4 is 0 Å². The maximum Gasteiger partial charge on any atom is 0.0195 e. The first-order valence-electron chi connectivity index (χ1n) is 5.72. The summed E-state index contributed by atoms with van der Waals surface area (Å²) in [5.74, 6) is 0. The van der Waals surface area contributed by atoms with E-state index in [0.717, 1.165) is 13.1 Å². The molecule has 14 heavy (non-hydrogen) atoms. The van der Waals surface area contributed by atoms with Crippen molar-refractivity contribution < 1.29 is 0 Å². The second-order valence-corrected chi connectivity index (χ2v) is 4.71. The van der Waals surface area contributed by atoms with E-state index in [1.165, 1.54) is 13.0 Å². The molecule has 0 spiro atoms. The van der Waals surface area contributed by atoms with Crippen LogP contribution in [0.2, 0.25) is 0 Å². The summed E-state index contributed by atoms with van der Waals surface area (Å²) in [6, 6.07) is 1.25. The minimum atomic E-state index is 0.597. The largest absolute Gasteiger partial charge is 0.313 e. The fourth-order valence-electron chi connectivity index (χ4n) is 1.72. The highest BCUT2D eigenvalue weighted by molar-refractivity contribution is 5.04. The molecule has 0 aromatic carbocycles. The van der Waals surface area contributed by atoms with E-state index in [2.05, 4.69) is 44.0 Å². The Morgan fingerprint density at radius 2 is 2.14 bits per heavy atom. The van der Waals surface area contributed by atoms with Crippen molar-refractivity contribution in [3.05, 3.63) is 11.6 Å². The summed E-state index contributed by atoms with van der Waals surface area (Å²) >= 11 is 0. The Labute approximate surface area is 88.4 Å². The van der Waals surface area contributed by atoms with E-state index in [9.17, 15) is 0 Å². The zero-order valence-electron chi connectivity index (χ0n) is 10.0. The standard InChI is InChI=1S/C12H24N2/c1-10(2)13-9-12(4)14-7-5-11(3)6-8-14/h5,10,12-13H,6-9H2,1-4H3. The van der Waals surface area contributed by atoms with Crippen LogP contribution in [0.5, 0.6) is 0 Å². The van der Waals surface area contributed by atoms with Crippen molar-refractivity contribution in [1.82, 2.24) is 10.2 Å². The highest BCUT2D eigenvalue weighted by atomic mass is 15.2. The molecular weight excluding hydrogens is 172 g/mol. The molecule has 0 saturated heterocycles. The van der Waals surface area contributed by atoms with Crippen LogP contribution in [0.4, 0.5) is 0 Å². The average molecular weight is 196 g/mol. The normalized spacial score (nSPS) is 21.1. The second-order valence-electron chi connectivity index (χ2n) is 4.71. The van der Waals surface area contributed by atoms with Gasteiger partial charge in [0.1, 0.15) is 0 Å². The van der Waals surface area contributed by atoms with E-state index < -0.39 is 0 Å². The molecule has 0 saturated carbocycles. The molecule has 0 amide bonds. The molecule has 0 radical (unpaired) electrons. The van der Waals surface area contributed by atoms with Crippen LogP contribution in [0, 0.1) is 0 Å². The molecule has 1 aliphatic heterocycles. The predicted octanol–water partition coefficient (Wildman–Crippen LogP) is 2.02.